The maximum Gasteiger partial charge on any atom is 0.303 e. The summed E-state index contributed by atoms with van der Waals surface area (Å²) in [5.74, 6) is 2.97. The molecule has 29 heavy (non-hydrogen) atoms. The molecule has 0 aromatic rings. The van der Waals surface area contributed by atoms with Crippen LogP contribution in [0.25, 0.3) is 0 Å². The molecule has 0 saturated heterocycles. The summed E-state index contributed by atoms with van der Waals surface area (Å²) < 4.78 is 0. The fraction of sp³-hybridized carbons (Fsp3) is 0.960. The minimum Gasteiger partial charge on any atom is -0.481 e. The minimum absolute atomic E-state index is 0.0697. The number of aliphatic hydroxyl groups excluding tert-OH is 2. The third kappa shape index (κ3) is 3.19. The van der Waals surface area contributed by atoms with E-state index in [1.165, 1.54) is 19.3 Å². The molecule has 3 N–H and O–H groups in total. The van der Waals surface area contributed by atoms with Crippen LogP contribution in [0.3, 0.4) is 0 Å². The Kier molecular flexibility index (Phi) is 5.60. The van der Waals surface area contributed by atoms with E-state index >= 15 is 0 Å². The summed E-state index contributed by atoms with van der Waals surface area (Å²) in [6.07, 6.45) is 8.05. The summed E-state index contributed by atoms with van der Waals surface area (Å²) >= 11 is 0. The maximum atomic E-state index is 11.6. The van der Waals surface area contributed by atoms with Gasteiger partial charge in [0.2, 0.25) is 0 Å². The van der Waals surface area contributed by atoms with Gasteiger partial charge in [0.05, 0.1) is 12.2 Å². The van der Waals surface area contributed by atoms with E-state index < -0.39 is 5.97 Å². The first kappa shape index (κ1) is 21.6. The lowest BCUT2D eigenvalue weighted by molar-refractivity contribution is -0.190. The van der Waals surface area contributed by atoms with Gasteiger partial charge in [-0.25, -0.2) is 0 Å². The number of carboxylic acids is 1. The molecule has 0 amide bonds. The Morgan fingerprint density at radius 2 is 1.72 bits per heavy atom. The predicted molar refractivity (Wildman–Crippen MR) is 113 cm³/mol. The summed E-state index contributed by atoms with van der Waals surface area (Å²) in [5.41, 5.74) is 0.164. The van der Waals surface area contributed by atoms with Crippen molar-refractivity contribution in [3.05, 3.63) is 0 Å². The predicted octanol–water partition coefficient (Wildman–Crippen LogP) is 4.72. The Hall–Kier alpha value is -0.610. The van der Waals surface area contributed by atoms with E-state index in [0.717, 1.165) is 32.1 Å². The van der Waals surface area contributed by atoms with Crippen molar-refractivity contribution in [1.82, 2.24) is 0 Å². The quantitative estimate of drug-likeness (QED) is 0.631. The van der Waals surface area contributed by atoms with Gasteiger partial charge in [-0.1, -0.05) is 27.7 Å². The molecule has 0 aromatic heterocycles. The van der Waals surface area contributed by atoms with Crippen molar-refractivity contribution in [1.29, 1.82) is 0 Å². The van der Waals surface area contributed by atoms with Crippen LogP contribution in [0.15, 0.2) is 0 Å². The Bertz CT molecular complexity index is 634. The highest BCUT2D eigenvalue weighted by Crippen LogP contribution is 2.69. The third-order valence-corrected chi connectivity index (χ3v) is 10.9. The molecule has 4 aliphatic rings. The van der Waals surface area contributed by atoms with Gasteiger partial charge in [0.1, 0.15) is 0 Å². The van der Waals surface area contributed by atoms with Crippen molar-refractivity contribution in [2.75, 3.05) is 0 Å². The number of hydrogen-bond acceptors (Lipinski definition) is 3. The second-order valence-electron chi connectivity index (χ2n) is 11.8. The highest BCUT2D eigenvalue weighted by molar-refractivity contribution is 5.66. The standard InChI is InChI=1S/C25H42O4/c1-14(5-10-23(28)29)19-8-9-20-18-7-6-16-12-17(26)11-15(2)24(16,3)21(18)13-22(27)25(19,20)4/h14-22,26-27H,5-13H2,1-4H3,(H,28,29)/t14-,15?,16-,17-,18+,19-,20+,21+,22+,24+,25-/m1/s1. The highest BCUT2D eigenvalue weighted by atomic mass is 16.4. The van der Waals surface area contributed by atoms with Crippen LogP contribution in [0.5, 0.6) is 0 Å². The molecule has 11 atom stereocenters. The van der Waals surface area contributed by atoms with Gasteiger partial charge in [0, 0.05) is 6.42 Å². The summed E-state index contributed by atoms with van der Waals surface area (Å²) in [6, 6.07) is 0. The van der Waals surface area contributed by atoms with E-state index in [1.807, 2.05) is 0 Å². The Balaban J connectivity index is 1.59. The third-order valence-electron chi connectivity index (χ3n) is 10.9. The van der Waals surface area contributed by atoms with E-state index in [2.05, 4.69) is 27.7 Å². The molecule has 0 radical (unpaired) electrons. The lowest BCUT2D eigenvalue weighted by Gasteiger charge is -2.64. The molecule has 0 spiro atoms. The van der Waals surface area contributed by atoms with Crippen molar-refractivity contribution in [2.45, 2.75) is 97.7 Å². The molecule has 0 heterocycles. The van der Waals surface area contributed by atoms with Crippen LogP contribution in [0.2, 0.25) is 0 Å². The van der Waals surface area contributed by atoms with Gasteiger partial charge < -0.3 is 15.3 Å². The minimum atomic E-state index is -0.708. The van der Waals surface area contributed by atoms with Crippen molar-refractivity contribution in [3.8, 4) is 0 Å². The monoisotopic (exact) mass is 406 g/mol. The largest absolute Gasteiger partial charge is 0.481 e. The van der Waals surface area contributed by atoms with Gasteiger partial charge in [0.15, 0.2) is 0 Å². The Labute approximate surface area is 176 Å². The Morgan fingerprint density at radius 3 is 2.41 bits per heavy atom. The number of fused-ring (bicyclic) bond motifs is 5. The molecular formula is C25H42O4. The summed E-state index contributed by atoms with van der Waals surface area (Å²) in [6.45, 7) is 9.35. The van der Waals surface area contributed by atoms with Gasteiger partial charge in [0.25, 0.3) is 0 Å². The molecule has 4 rings (SSSR count). The van der Waals surface area contributed by atoms with Gasteiger partial charge in [-0.3, -0.25) is 4.79 Å². The molecule has 0 aliphatic heterocycles. The summed E-state index contributed by atoms with van der Waals surface area (Å²) in [7, 11) is 0. The number of carbonyl (C=O) groups is 1. The average Bonchev–Trinajstić information content (AvgIpc) is 3.01. The van der Waals surface area contributed by atoms with Crippen molar-refractivity contribution >= 4 is 5.97 Å². The topological polar surface area (TPSA) is 77.8 Å². The van der Waals surface area contributed by atoms with E-state index in [4.69, 9.17) is 5.11 Å². The Morgan fingerprint density at radius 1 is 1.00 bits per heavy atom. The second-order valence-corrected chi connectivity index (χ2v) is 11.8. The summed E-state index contributed by atoms with van der Waals surface area (Å²) in [5, 5.41) is 31.0. The number of aliphatic carboxylic acids is 1. The van der Waals surface area contributed by atoms with Crippen molar-refractivity contribution < 1.29 is 20.1 Å². The zero-order chi connectivity index (χ0) is 21.1. The van der Waals surface area contributed by atoms with E-state index in [-0.39, 0.29) is 29.5 Å². The molecule has 4 heteroatoms. The maximum absolute atomic E-state index is 11.6. The van der Waals surface area contributed by atoms with E-state index in [9.17, 15) is 15.0 Å². The van der Waals surface area contributed by atoms with Crippen LogP contribution < -0.4 is 0 Å². The second kappa shape index (κ2) is 7.51. The first-order valence-corrected chi connectivity index (χ1v) is 12.2. The van der Waals surface area contributed by atoms with Crippen LogP contribution >= 0.6 is 0 Å². The zero-order valence-electron chi connectivity index (χ0n) is 18.8. The molecule has 166 valence electrons. The smallest absolute Gasteiger partial charge is 0.303 e. The fourth-order valence-electron chi connectivity index (χ4n) is 9.18. The molecule has 4 fully saturated rings. The number of aliphatic hydroxyl groups is 2. The van der Waals surface area contributed by atoms with Crippen molar-refractivity contribution in [3.63, 3.8) is 0 Å². The summed E-state index contributed by atoms with van der Waals surface area (Å²) in [4.78, 5) is 11.1. The van der Waals surface area contributed by atoms with Gasteiger partial charge in [-0.05, 0) is 104 Å². The number of hydrogen-bond donors (Lipinski definition) is 3. The van der Waals surface area contributed by atoms with E-state index in [1.54, 1.807) is 0 Å². The van der Waals surface area contributed by atoms with Crippen LogP contribution in [0, 0.1) is 52.3 Å². The number of rotatable bonds is 4. The first-order valence-electron chi connectivity index (χ1n) is 12.2. The first-order chi connectivity index (χ1) is 13.6. The fourth-order valence-corrected chi connectivity index (χ4v) is 9.18. The van der Waals surface area contributed by atoms with Crippen LogP contribution in [0.1, 0.15) is 85.5 Å². The lowest BCUT2D eigenvalue weighted by Crippen LogP contribution is -2.60. The van der Waals surface area contributed by atoms with Crippen molar-refractivity contribution in [2.24, 2.45) is 52.3 Å². The number of carboxylic acid groups (broad SMARTS) is 1. The van der Waals surface area contributed by atoms with Gasteiger partial charge >= 0.3 is 5.97 Å². The molecule has 4 nitrogen and oxygen atoms in total. The molecule has 0 bridgehead atoms. The highest BCUT2D eigenvalue weighted by Gasteiger charge is 2.64. The SMILES string of the molecule is CC1C[C@@H](O)C[C@H]2CC[C@@H]3[C@H](C[C@H](O)[C@]4(C)[C@@H]([C@H](C)CCC(=O)O)CC[C@@H]34)[C@@]12C. The molecule has 1 unspecified atom stereocenters. The molecule has 4 saturated carbocycles. The van der Waals surface area contributed by atoms with Crippen LogP contribution in [-0.2, 0) is 4.79 Å². The normalized spacial score (nSPS) is 52.9. The average molecular weight is 407 g/mol. The molecule has 0 aromatic carbocycles. The molecular weight excluding hydrogens is 364 g/mol. The van der Waals surface area contributed by atoms with E-state index in [0.29, 0.717) is 41.4 Å². The van der Waals surface area contributed by atoms with Gasteiger partial charge in [-0.2, -0.15) is 0 Å². The van der Waals surface area contributed by atoms with Crippen LogP contribution in [0.4, 0.5) is 0 Å². The zero-order valence-corrected chi connectivity index (χ0v) is 18.8. The molecule has 4 aliphatic carbocycles. The van der Waals surface area contributed by atoms with Crippen LogP contribution in [-0.4, -0.2) is 33.5 Å². The lowest BCUT2D eigenvalue weighted by atomic mass is 9.42. The van der Waals surface area contributed by atoms with Gasteiger partial charge in [-0.15, -0.1) is 0 Å².